The van der Waals surface area contributed by atoms with E-state index in [1.54, 1.807) is 24.3 Å². The Balaban J connectivity index is 1.25. The van der Waals surface area contributed by atoms with Gasteiger partial charge in [0.1, 0.15) is 11.6 Å². The van der Waals surface area contributed by atoms with Gasteiger partial charge in [-0.2, -0.15) is 0 Å². The van der Waals surface area contributed by atoms with Gasteiger partial charge in [-0.05, 0) is 85.4 Å². The van der Waals surface area contributed by atoms with Crippen LogP contribution in [0.3, 0.4) is 0 Å². The van der Waals surface area contributed by atoms with Crippen molar-refractivity contribution in [1.29, 1.82) is 0 Å². The van der Waals surface area contributed by atoms with E-state index in [0.29, 0.717) is 17.8 Å². The van der Waals surface area contributed by atoms with Crippen LogP contribution in [-0.2, 0) is 13.5 Å². The Kier molecular flexibility index (Phi) is 6.76. The second-order valence-electron chi connectivity index (χ2n) is 10.5. The molecule has 1 aliphatic carbocycles. The average molecular weight is 555 g/mol. The van der Waals surface area contributed by atoms with Gasteiger partial charge in [0.15, 0.2) is 0 Å². The second kappa shape index (κ2) is 10.4. The molecule has 6 rings (SSSR count). The zero-order valence-electron chi connectivity index (χ0n) is 22.0. The minimum Gasteiger partial charge on any atom is -0.334 e. The maximum absolute atomic E-state index is 13.9. The minimum atomic E-state index is -0.546. The van der Waals surface area contributed by atoms with Crippen LogP contribution < -0.4 is 10.2 Å². The summed E-state index contributed by atoms with van der Waals surface area (Å²) < 4.78 is 15.7. The van der Waals surface area contributed by atoms with Gasteiger partial charge in [0.25, 0.3) is 11.8 Å². The van der Waals surface area contributed by atoms with Crippen molar-refractivity contribution in [3.05, 3.63) is 119 Å². The summed E-state index contributed by atoms with van der Waals surface area (Å²) >= 11 is 6.07. The molecule has 1 spiro atoms. The van der Waals surface area contributed by atoms with E-state index < -0.39 is 11.7 Å². The summed E-state index contributed by atoms with van der Waals surface area (Å²) in [5.74, 6) is -0.179. The number of imidazole rings is 1. The Morgan fingerprint density at radius 2 is 1.85 bits per heavy atom. The van der Waals surface area contributed by atoms with Gasteiger partial charge in [-0.3, -0.25) is 9.59 Å². The van der Waals surface area contributed by atoms with Crippen LogP contribution in [0.15, 0.2) is 85.2 Å². The van der Waals surface area contributed by atoms with Crippen LogP contribution >= 0.6 is 11.6 Å². The highest BCUT2D eigenvalue weighted by atomic mass is 35.5. The summed E-state index contributed by atoms with van der Waals surface area (Å²) in [5, 5.41) is 2.88. The van der Waals surface area contributed by atoms with E-state index in [4.69, 9.17) is 11.6 Å². The Morgan fingerprint density at radius 3 is 2.62 bits per heavy atom. The fourth-order valence-corrected chi connectivity index (χ4v) is 6.20. The molecule has 40 heavy (non-hydrogen) atoms. The summed E-state index contributed by atoms with van der Waals surface area (Å²) in [5.41, 5.74) is 4.29. The molecule has 3 aromatic carbocycles. The number of hydrogen-bond acceptors (Lipinski definition) is 3. The van der Waals surface area contributed by atoms with E-state index in [0.717, 1.165) is 48.8 Å². The number of carbonyl (C=O) groups excluding carboxylic acids is 2. The van der Waals surface area contributed by atoms with Crippen molar-refractivity contribution in [2.45, 2.75) is 25.7 Å². The molecule has 1 aromatic heterocycles. The zero-order valence-corrected chi connectivity index (χ0v) is 22.8. The fraction of sp³-hybridized carbons (Fsp3) is 0.219. The Morgan fingerprint density at radius 1 is 1.05 bits per heavy atom. The lowest BCUT2D eigenvalue weighted by molar-refractivity contribution is 0.0984. The molecule has 4 aromatic rings. The Hall–Kier alpha value is -4.23. The van der Waals surface area contributed by atoms with E-state index in [-0.39, 0.29) is 21.9 Å². The smallest absolute Gasteiger partial charge is 0.258 e. The molecule has 0 radical (unpaired) electrons. The number of fused-ring (bicyclic) bond motifs is 1. The molecule has 2 heterocycles. The number of amides is 2. The van der Waals surface area contributed by atoms with E-state index in [1.165, 1.54) is 17.7 Å². The van der Waals surface area contributed by atoms with E-state index in [9.17, 15) is 14.0 Å². The molecule has 1 unspecified atom stereocenters. The lowest BCUT2D eigenvalue weighted by Crippen LogP contribution is -2.33. The van der Waals surface area contributed by atoms with Gasteiger partial charge in [-0.1, -0.05) is 35.9 Å². The number of rotatable bonds is 4. The van der Waals surface area contributed by atoms with Gasteiger partial charge in [-0.25, -0.2) is 9.37 Å². The molecule has 1 aliphatic heterocycles. The van der Waals surface area contributed by atoms with Crippen molar-refractivity contribution >= 4 is 40.4 Å². The zero-order chi connectivity index (χ0) is 27.9. The second-order valence-corrected chi connectivity index (χ2v) is 10.9. The third-order valence-electron chi connectivity index (χ3n) is 8.04. The molecule has 202 valence electrons. The SMILES string of the molecule is Cn1ccnc1C1=CCCC12CCN(C(=O)c1ccc(NC(=O)c3cc(F)ccc3Cl)cc1)c1ccccc1C2. The van der Waals surface area contributed by atoms with E-state index in [1.807, 2.05) is 42.5 Å². The Labute approximate surface area is 237 Å². The van der Waals surface area contributed by atoms with Crippen LogP contribution in [0.4, 0.5) is 15.8 Å². The van der Waals surface area contributed by atoms with E-state index in [2.05, 4.69) is 27.0 Å². The number of halogens is 2. The van der Waals surface area contributed by atoms with Crippen molar-refractivity contribution in [2.75, 3.05) is 16.8 Å². The average Bonchev–Trinajstić information content (AvgIpc) is 3.51. The quantitative estimate of drug-likeness (QED) is 0.298. The van der Waals surface area contributed by atoms with Gasteiger partial charge in [0, 0.05) is 48.3 Å². The van der Waals surface area contributed by atoms with E-state index >= 15 is 0 Å². The monoisotopic (exact) mass is 554 g/mol. The molecule has 0 saturated carbocycles. The predicted molar refractivity (Wildman–Crippen MR) is 155 cm³/mol. The predicted octanol–water partition coefficient (Wildman–Crippen LogP) is 6.92. The summed E-state index contributed by atoms with van der Waals surface area (Å²) in [4.78, 5) is 33.0. The van der Waals surface area contributed by atoms with Gasteiger partial charge in [0.2, 0.25) is 0 Å². The molecule has 0 fully saturated rings. The van der Waals surface area contributed by atoms with Crippen molar-refractivity contribution in [3.63, 3.8) is 0 Å². The van der Waals surface area contributed by atoms with Crippen molar-refractivity contribution in [1.82, 2.24) is 9.55 Å². The highest BCUT2D eigenvalue weighted by Gasteiger charge is 2.42. The number of aromatic nitrogens is 2. The normalized spacial score (nSPS) is 18.3. The van der Waals surface area contributed by atoms with Crippen LogP contribution in [-0.4, -0.2) is 27.9 Å². The van der Waals surface area contributed by atoms with Crippen molar-refractivity contribution in [2.24, 2.45) is 12.5 Å². The van der Waals surface area contributed by atoms with Crippen molar-refractivity contribution < 1.29 is 14.0 Å². The number of anilines is 2. The first-order valence-corrected chi connectivity index (χ1v) is 13.7. The number of nitrogens with one attached hydrogen (secondary N) is 1. The van der Waals surface area contributed by atoms with Crippen LogP contribution in [0.2, 0.25) is 5.02 Å². The molecule has 2 aliphatic rings. The number of allylic oxidation sites excluding steroid dienone is 2. The summed E-state index contributed by atoms with van der Waals surface area (Å²) in [6, 6.07) is 18.5. The Bertz CT molecular complexity index is 1640. The standard InChI is InChI=1S/C32H28ClFN4O2/c1-37-18-16-35-29(37)26-6-4-14-32(26)15-17-38(28-7-3-2-5-22(28)20-32)31(40)21-8-11-24(12-9-21)36-30(39)25-19-23(34)10-13-27(25)33/h2-3,5-13,16,18-19H,4,14-15,17,20H2,1H3,(H,36,39). The minimum absolute atomic E-state index is 0.0443. The molecular formula is C32H28ClFN4O2. The van der Waals surface area contributed by atoms with Gasteiger partial charge in [0.05, 0.1) is 10.6 Å². The topological polar surface area (TPSA) is 67.2 Å². The highest BCUT2D eigenvalue weighted by molar-refractivity contribution is 6.34. The third kappa shape index (κ3) is 4.71. The lowest BCUT2D eigenvalue weighted by Gasteiger charge is -2.31. The summed E-state index contributed by atoms with van der Waals surface area (Å²) in [7, 11) is 2.02. The number of aryl methyl sites for hydroxylation is 1. The molecule has 1 atom stereocenters. The molecule has 2 amide bonds. The maximum Gasteiger partial charge on any atom is 0.258 e. The number of nitrogens with zero attached hydrogens (tertiary/aromatic N) is 3. The van der Waals surface area contributed by atoms with Crippen LogP contribution in [0.1, 0.15) is 51.4 Å². The molecule has 1 N–H and O–H groups in total. The molecule has 0 bridgehead atoms. The summed E-state index contributed by atoms with van der Waals surface area (Å²) in [6.07, 6.45) is 9.81. The lowest BCUT2D eigenvalue weighted by atomic mass is 9.73. The maximum atomic E-state index is 13.9. The van der Waals surface area contributed by atoms with Crippen LogP contribution in [0, 0.1) is 11.2 Å². The number of para-hydroxylation sites is 1. The van der Waals surface area contributed by atoms with Gasteiger partial charge in [-0.15, -0.1) is 0 Å². The molecular weight excluding hydrogens is 527 g/mol. The first-order chi connectivity index (χ1) is 19.3. The highest BCUT2D eigenvalue weighted by Crippen LogP contribution is 2.51. The van der Waals surface area contributed by atoms with Crippen molar-refractivity contribution in [3.8, 4) is 0 Å². The molecule has 6 nitrogen and oxygen atoms in total. The van der Waals surface area contributed by atoms with Crippen LogP contribution in [0.25, 0.3) is 5.57 Å². The molecule has 0 saturated heterocycles. The van der Waals surface area contributed by atoms with Crippen LogP contribution in [0.5, 0.6) is 0 Å². The number of benzene rings is 3. The fourth-order valence-electron chi connectivity index (χ4n) is 6.00. The first-order valence-electron chi connectivity index (χ1n) is 13.3. The summed E-state index contributed by atoms with van der Waals surface area (Å²) in [6.45, 7) is 0.578. The molecule has 8 heteroatoms. The third-order valence-corrected chi connectivity index (χ3v) is 8.37. The number of hydrogen-bond donors (Lipinski definition) is 1. The van der Waals surface area contributed by atoms with Gasteiger partial charge < -0.3 is 14.8 Å². The number of carbonyl (C=O) groups is 2. The first kappa shape index (κ1) is 26.0. The van der Waals surface area contributed by atoms with Gasteiger partial charge >= 0.3 is 0 Å². The largest absolute Gasteiger partial charge is 0.334 e.